The molecule has 0 spiro atoms. The van der Waals surface area contributed by atoms with Crippen LogP contribution in [0.3, 0.4) is 0 Å². The molecule has 1 aromatic carbocycles. The molecule has 0 saturated carbocycles. The molecule has 3 nitrogen and oxygen atoms in total. The summed E-state index contributed by atoms with van der Waals surface area (Å²) in [5.74, 6) is 1.36. The van der Waals surface area contributed by atoms with Crippen molar-refractivity contribution in [3.05, 3.63) is 59.1 Å². The van der Waals surface area contributed by atoms with E-state index in [0.717, 1.165) is 29.0 Å². The summed E-state index contributed by atoms with van der Waals surface area (Å²) in [6.07, 6.45) is 4.05. The number of anilines is 1. The largest absolute Gasteiger partial charge is 0.462 e. The number of nitrogens with one attached hydrogen (secondary N) is 1. The Labute approximate surface area is 119 Å². The minimum atomic E-state index is -0.150. The van der Waals surface area contributed by atoms with E-state index in [4.69, 9.17) is 4.42 Å². The van der Waals surface area contributed by atoms with Gasteiger partial charge in [0.2, 0.25) is 5.91 Å². The molecule has 1 N–H and O–H groups in total. The number of amides is 1. The van der Waals surface area contributed by atoms with Gasteiger partial charge in [0.25, 0.3) is 0 Å². The molecule has 0 atom stereocenters. The Morgan fingerprint density at radius 1 is 1.25 bits per heavy atom. The number of hydrogen-bond donors (Lipinski definition) is 1. The molecule has 104 valence electrons. The van der Waals surface area contributed by atoms with Crippen molar-refractivity contribution < 1.29 is 9.21 Å². The van der Waals surface area contributed by atoms with Gasteiger partial charge in [0.05, 0.1) is 0 Å². The van der Waals surface area contributed by atoms with E-state index < -0.39 is 0 Å². The van der Waals surface area contributed by atoms with Gasteiger partial charge >= 0.3 is 0 Å². The van der Waals surface area contributed by atoms with E-state index in [0.29, 0.717) is 5.76 Å². The Morgan fingerprint density at radius 2 is 2.05 bits per heavy atom. The number of hydrogen-bond acceptors (Lipinski definition) is 2. The van der Waals surface area contributed by atoms with Gasteiger partial charge in [0.15, 0.2) is 0 Å². The topological polar surface area (TPSA) is 42.2 Å². The summed E-state index contributed by atoms with van der Waals surface area (Å²) >= 11 is 0. The van der Waals surface area contributed by atoms with Gasteiger partial charge in [-0.1, -0.05) is 25.1 Å². The lowest BCUT2D eigenvalue weighted by Gasteiger charge is -2.11. The average molecular weight is 269 g/mol. The third kappa shape index (κ3) is 3.38. The summed E-state index contributed by atoms with van der Waals surface area (Å²) in [6.45, 7) is 5.94. The standard InChI is InChI=1S/C17H19NO2/c1-4-14-7-5-6-12(2)17(14)18-16(19)11-10-15-9-8-13(3)20-15/h5-11H,4H2,1-3H3,(H,18,19)/b11-10-. The number of carbonyl (C=O) groups is 1. The van der Waals surface area contributed by atoms with Gasteiger partial charge in [-0.3, -0.25) is 4.79 Å². The maximum atomic E-state index is 12.0. The molecule has 1 heterocycles. The number of carbonyl (C=O) groups excluding carboxylic acids is 1. The van der Waals surface area contributed by atoms with Gasteiger partial charge in [-0.2, -0.15) is 0 Å². The van der Waals surface area contributed by atoms with Crippen LogP contribution in [0.25, 0.3) is 6.08 Å². The first-order chi connectivity index (χ1) is 9.60. The van der Waals surface area contributed by atoms with Crippen LogP contribution in [0, 0.1) is 13.8 Å². The lowest BCUT2D eigenvalue weighted by molar-refractivity contribution is -0.111. The molecule has 0 bridgehead atoms. The fourth-order valence-electron chi connectivity index (χ4n) is 2.07. The number of rotatable bonds is 4. The minimum Gasteiger partial charge on any atom is -0.462 e. The summed E-state index contributed by atoms with van der Waals surface area (Å²) in [4.78, 5) is 12.0. The zero-order chi connectivity index (χ0) is 14.5. The molecule has 0 aliphatic rings. The van der Waals surface area contributed by atoms with Gasteiger partial charge in [0.1, 0.15) is 11.5 Å². The molecule has 1 aromatic heterocycles. The van der Waals surface area contributed by atoms with E-state index in [2.05, 4.69) is 12.2 Å². The zero-order valence-corrected chi connectivity index (χ0v) is 12.1. The Hall–Kier alpha value is -2.29. The van der Waals surface area contributed by atoms with Crippen LogP contribution in [-0.4, -0.2) is 5.91 Å². The van der Waals surface area contributed by atoms with Crippen LogP contribution < -0.4 is 5.32 Å². The zero-order valence-electron chi connectivity index (χ0n) is 12.1. The van der Waals surface area contributed by atoms with Crippen molar-refractivity contribution in [1.82, 2.24) is 0 Å². The first-order valence-electron chi connectivity index (χ1n) is 6.74. The first-order valence-corrected chi connectivity index (χ1v) is 6.74. The van der Waals surface area contributed by atoms with Crippen LogP contribution in [0.5, 0.6) is 0 Å². The van der Waals surface area contributed by atoms with Gasteiger partial charge < -0.3 is 9.73 Å². The summed E-state index contributed by atoms with van der Waals surface area (Å²) in [6, 6.07) is 9.74. The number of furan rings is 1. The summed E-state index contributed by atoms with van der Waals surface area (Å²) < 4.78 is 5.39. The van der Waals surface area contributed by atoms with Crippen LogP contribution >= 0.6 is 0 Å². The molecule has 2 aromatic rings. The number of aryl methyl sites for hydroxylation is 3. The van der Waals surface area contributed by atoms with Crippen molar-refractivity contribution in [3.8, 4) is 0 Å². The van der Waals surface area contributed by atoms with Crippen LogP contribution in [-0.2, 0) is 11.2 Å². The highest BCUT2D eigenvalue weighted by atomic mass is 16.3. The fourth-order valence-corrected chi connectivity index (χ4v) is 2.07. The van der Waals surface area contributed by atoms with Crippen LogP contribution in [0.2, 0.25) is 0 Å². The third-order valence-corrected chi connectivity index (χ3v) is 3.15. The molecule has 0 aliphatic carbocycles. The molecule has 0 radical (unpaired) electrons. The molecule has 2 rings (SSSR count). The molecule has 3 heteroatoms. The molecule has 0 saturated heterocycles. The van der Waals surface area contributed by atoms with Crippen LogP contribution in [0.4, 0.5) is 5.69 Å². The van der Waals surface area contributed by atoms with Gasteiger partial charge in [-0.15, -0.1) is 0 Å². The second-order valence-electron chi connectivity index (χ2n) is 4.73. The maximum Gasteiger partial charge on any atom is 0.248 e. The molecule has 20 heavy (non-hydrogen) atoms. The number of para-hydroxylation sites is 1. The van der Waals surface area contributed by atoms with Gasteiger partial charge in [-0.05, 0) is 49.6 Å². The van der Waals surface area contributed by atoms with Gasteiger partial charge in [0, 0.05) is 11.8 Å². The van der Waals surface area contributed by atoms with Crippen LogP contribution in [0.15, 0.2) is 40.8 Å². The highest BCUT2D eigenvalue weighted by Gasteiger charge is 2.06. The second-order valence-corrected chi connectivity index (χ2v) is 4.73. The Morgan fingerprint density at radius 3 is 2.70 bits per heavy atom. The average Bonchev–Trinajstić information content (AvgIpc) is 2.84. The van der Waals surface area contributed by atoms with Crippen molar-refractivity contribution in [2.75, 3.05) is 5.32 Å². The first kappa shape index (κ1) is 14.1. The Bertz CT molecular complexity index is 638. The fraction of sp³-hybridized carbons (Fsp3) is 0.235. The Kier molecular flexibility index (Phi) is 4.41. The van der Waals surface area contributed by atoms with E-state index in [1.807, 2.05) is 44.2 Å². The highest BCUT2D eigenvalue weighted by molar-refractivity contribution is 6.02. The summed E-state index contributed by atoms with van der Waals surface area (Å²) in [5, 5.41) is 2.94. The van der Waals surface area contributed by atoms with Crippen molar-refractivity contribution in [3.63, 3.8) is 0 Å². The lowest BCUT2D eigenvalue weighted by Crippen LogP contribution is -2.10. The number of benzene rings is 1. The molecule has 0 unspecified atom stereocenters. The lowest BCUT2D eigenvalue weighted by atomic mass is 10.1. The smallest absolute Gasteiger partial charge is 0.248 e. The van der Waals surface area contributed by atoms with Crippen molar-refractivity contribution in [1.29, 1.82) is 0 Å². The predicted octanol–water partition coefficient (Wildman–Crippen LogP) is 4.11. The minimum absolute atomic E-state index is 0.150. The normalized spacial score (nSPS) is 10.9. The molecular weight excluding hydrogens is 250 g/mol. The monoisotopic (exact) mass is 269 g/mol. The molecule has 1 amide bonds. The maximum absolute atomic E-state index is 12.0. The third-order valence-electron chi connectivity index (χ3n) is 3.15. The molecule has 0 aliphatic heterocycles. The SMILES string of the molecule is CCc1cccc(C)c1NC(=O)/C=C\c1ccc(C)o1. The van der Waals surface area contributed by atoms with E-state index in [9.17, 15) is 4.79 Å². The van der Waals surface area contributed by atoms with Crippen molar-refractivity contribution >= 4 is 17.7 Å². The predicted molar refractivity (Wildman–Crippen MR) is 81.7 cm³/mol. The van der Waals surface area contributed by atoms with E-state index in [1.54, 1.807) is 6.08 Å². The molecule has 0 fully saturated rings. The van der Waals surface area contributed by atoms with Crippen molar-refractivity contribution in [2.24, 2.45) is 0 Å². The Balaban J connectivity index is 2.10. The highest BCUT2D eigenvalue weighted by Crippen LogP contribution is 2.21. The quantitative estimate of drug-likeness (QED) is 0.849. The van der Waals surface area contributed by atoms with E-state index >= 15 is 0 Å². The van der Waals surface area contributed by atoms with Gasteiger partial charge in [-0.25, -0.2) is 0 Å². The van der Waals surface area contributed by atoms with E-state index in [-0.39, 0.29) is 5.91 Å². The summed E-state index contributed by atoms with van der Waals surface area (Å²) in [7, 11) is 0. The van der Waals surface area contributed by atoms with E-state index in [1.165, 1.54) is 6.08 Å². The second kappa shape index (κ2) is 6.24. The molecular formula is C17H19NO2. The van der Waals surface area contributed by atoms with Crippen LogP contribution in [0.1, 0.15) is 29.6 Å². The summed E-state index contributed by atoms with van der Waals surface area (Å²) in [5.41, 5.74) is 3.11. The van der Waals surface area contributed by atoms with Crippen molar-refractivity contribution in [2.45, 2.75) is 27.2 Å².